The number of hydrogen-bond donors (Lipinski definition) is 0. The van der Waals surface area contributed by atoms with Crippen LogP contribution in [0.5, 0.6) is 0 Å². The Morgan fingerprint density at radius 1 is 0.682 bits per heavy atom. The largest absolute Gasteiger partial charge is 0.453 e. The monoisotopic (exact) mass is 331 g/mol. The van der Waals surface area contributed by atoms with E-state index in [1.165, 1.54) is 19.3 Å². The Bertz CT molecular complexity index is 266. The van der Waals surface area contributed by atoms with E-state index in [1.807, 2.05) is 0 Å². The van der Waals surface area contributed by atoms with Crippen molar-refractivity contribution in [2.24, 2.45) is 0 Å². The van der Waals surface area contributed by atoms with E-state index in [9.17, 15) is 22.0 Å². The highest BCUT2D eigenvalue weighted by Crippen LogP contribution is 2.39. The molecule has 134 valence electrons. The molecule has 0 aliphatic carbocycles. The lowest BCUT2D eigenvalue weighted by Gasteiger charge is -2.19. The van der Waals surface area contributed by atoms with Gasteiger partial charge in [-0.15, -0.1) is 0 Å². The number of nitrogens with zero attached hydrogens (tertiary/aromatic N) is 1. The van der Waals surface area contributed by atoms with Crippen LogP contribution in [-0.2, 0) is 0 Å². The number of hydrogen-bond acceptors (Lipinski definition) is 1. The van der Waals surface area contributed by atoms with E-state index in [2.05, 4.69) is 18.9 Å². The van der Waals surface area contributed by atoms with Crippen LogP contribution in [0, 0.1) is 0 Å². The lowest BCUT2D eigenvalue weighted by atomic mass is 10.1. The fourth-order valence-corrected chi connectivity index (χ4v) is 2.32. The number of halogens is 5. The van der Waals surface area contributed by atoms with Gasteiger partial charge in [0.15, 0.2) is 0 Å². The van der Waals surface area contributed by atoms with Gasteiger partial charge < -0.3 is 4.90 Å². The number of unbranched alkanes of at least 4 members (excludes halogenated alkanes) is 7. The maximum atomic E-state index is 12.6. The van der Waals surface area contributed by atoms with Gasteiger partial charge in [-0.1, -0.05) is 45.4 Å². The van der Waals surface area contributed by atoms with Gasteiger partial charge in [0.05, 0.1) is 0 Å². The summed E-state index contributed by atoms with van der Waals surface area (Å²) in [6.07, 6.45) is 1.24. The van der Waals surface area contributed by atoms with Gasteiger partial charge in [-0.3, -0.25) is 0 Å². The first kappa shape index (κ1) is 21.6. The first-order valence-corrected chi connectivity index (χ1v) is 8.34. The van der Waals surface area contributed by atoms with Crippen LogP contribution in [0.1, 0.15) is 71.1 Å². The molecule has 0 rings (SSSR count). The molecule has 0 aromatic carbocycles. The first-order valence-electron chi connectivity index (χ1n) is 8.34. The molecular weight excluding hydrogens is 301 g/mol. The summed E-state index contributed by atoms with van der Waals surface area (Å²) in [7, 11) is 2.09. The van der Waals surface area contributed by atoms with Crippen molar-refractivity contribution in [3.63, 3.8) is 0 Å². The van der Waals surface area contributed by atoms with Crippen molar-refractivity contribution in [2.45, 2.75) is 83.2 Å². The third-order valence-corrected chi connectivity index (χ3v) is 3.84. The minimum absolute atomic E-state index is 0.0660. The average molecular weight is 331 g/mol. The highest BCUT2D eigenvalue weighted by atomic mass is 19.4. The summed E-state index contributed by atoms with van der Waals surface area (Å²) in [6, 6.07) is 0. The zero-order valence-corrected chi connectivity index (χ0v) is 13.8. The highest BCUT2D eigenvalue weighted by molar-refractivity contribution is 4.75. The Balaban J connectivity index is 3.44. The molecule has 0 bridgehead atoms. The van der Waals surface area contributed by atoms with Crippen molar-refractivity contribution in [3.05, 3.63) is 0 Å². The first-order chi connectivity index (χ1) is 10.2. The summed E-state index contributed by atoms with van der Waals surface area (Å²) >= 11 is 0. The van der Waals surface area contributed by atoms with E-state index in [0.717, 1.165) is 38.8 Å². The average Bonchev–Trinajstić information content (AvgIpc) is 2.40. The summed E-state index contributed by atoms with van der Waals surface area (Å²) in [5, 5.41) is 0. The Morgan fingerprint density at radius 3 is 1.64 bits per heavy atom. The SMILES string of the molecule is CCCCCN(C)CCCCCCCCC(F)(F)C(F)(F)F. The molecule has 0 fully saturated rings. The maximum absolute atomic E-state index is 12.6. The van der Waals surface area contributed by atoms with Crippen molar-refractivity contribution < 1.29 is 22.0 Å². The maximum Gasteiger partial charge on any atom is 0.453 e. The molecule has 0 radical (unpaired) electrons. The second kappa shape index (κ2) is 11.2. The summed E-state index contributed by atoms with van der Waals surface area (Å²) < 4.78 is 61.1. The normalized spacial score (nSPS) is 13.1. The molecule has 0 atom stereocenters. The fraction of sp³-hybridized carbons (Fsp3) is 1.00. The van der Waals surface area contributed by atoms with Gasteiger partial charge in [0.25, 0.3) is 0 Å². The van der Waals surface area contributed by atoms with Gasteiger partial charge in [-0.25, -0.2) is 0 Å². The van der Waals surface area contributed by atoms with Crippen LogP contribution in [0.4, 0.5) is 22.0 Å². The molecule has 1 nitrogen and oxygen atoms in total. The molecule has 0 aliphatic rings. The summed E-state index contributed by atoms with van der Waals surface area (Å²) in [4.78, 5) is 2.29. The zero-order chi connectivity index (χ0) is 17.1. The predicted molar refractivity (Wildman–Crippen MR) is 80.3 cm³/mol. The van der Waals surface area contributed by atoms with Crippen molar-refractivity contribution in [1.29, 1.82) is 0 Å². The number of rotatable bonds is 13. The van der Waals surface area contributed by atoms with Gasteiger partial charge >= 0.3 is 12.1 Å². The van der Waals surface area contributed by atoms with Crippen LogP contribution < -0.4 is 0 Å². The summed E-state index contributed by atoms with van der Waals surface area (Å²) in [5.41, 5.74) is 0. The third-order valence-electron chi connectivity index (χ3n) is 3.84. The minimum Gasteiger partial charge on any atom is -0.306 e. The predicted octanol–water partition coefficient (Wildman–Crippen LogP) is 6.04. The molecule has 0 amide bonds. The van der Waals surface area contributed by atoms with Crippen molar-refractivity contribution in [1.82, 2.24) is 4.90 Å². The van der Waals surface area contributed by atoms with Crippen LogP contribution in [0.15, 0.2) is 0 Å². The molecule has 0 saturated heterocycles. The molecule has 6 heteroatoms. The zero-order valence-electron chi connectivity index (χ0n) is 13.8. The topological polar surface area (TPSA) is 3.24 Å². The Labute approximate surface area is 131 Å². The van der Waals surface area contributed by atoms with E-state index in [0.29, 0.717) is 6.42 Å². The lowest BCUT2D eigenvalue weighted by Crippen LogP contribution is -2.36. The Hall–Kier alpha value is -0.390. The molecule has 0 spiro atoms. The van der Waals surface area contributed by atoms with Crippen LogP contribution in [0.25, 0.3) is 0 Å². The summed E-state index contributed by atoms with van der Waals surface area (Å²) in [6.45, 7) is 4.29. The van der Waals surface area contributed by atoms with E-state index < -0.39 is 18.5 Å². The minimum atomic E-state index is -5.41. The van der Waals surface area contributed by atoms with Gasteiger partial charge in [-0.05, 0) is 39.4 Å². The molecule has 0 saturated carbocycles. The van der Waals surface area contributed by atoms with Crippen molar-refractivity contribution in [3.8, 4) is 0 Å². The third kappa shape index (κ3) is 10.4. The van der Waals surface area contributed by atoms with Crippen molar-refractivity contribution >= 4 is 0 Å². The smallest absolute Gasteiger partial charge is 0.306 e. The van der Waals surface area contributed by atoms with Crippen LogP contribution in [-0.4, -0.2) is 37.1 Å². The molecular formula is C16H30F5N. The van der Waals surface area contributed by atoms with Gasteiger partial charge in [0, 0.05) is 6.42 Å². The quantitative estimate of drug-likeness (QED) is 0.294. The second-order valence-corrected chi connectivity index (χ2v) is 6.08. The molecule has 0 N–H and O–H groups in total. The molecule has 0 heterocycles. The van der Waals surface area contributed by atoms with E-state index in [1.54, 1.807) is 0 Å². The van der Waals surface area contributed by atoms with Crippen molar-refractivity contribution in [2.75, 3.05) is 20.1 Å². The van der Waals surface area contributed by atoms with Gasteiger partial charge in [0.2, 0.25) is 0 Å². The van der Waals surface area contributed by atoms with Crippen LogP contribution >= 0.6 is 0 Å². The Kier molecular flexibility index (Phi) is 11.0. The van der Waals surface area contributed by atoms with E-state index in [4.69, 9.17) is 0 Å². The highest BCUT2D eigenvalue weighted by Gasteiger charge is 2.56. The molecule has 0 aromatic heterocycles. The summed E-state index contributed by atoms with van der Waals surface area (Å²) in [5.74, 6) is -4.53. The molecule has 0 aliphatic heterocycles. The lowest BCUT2D eigenvalue weighted by molar-refractivity contribution is -0.284. The van der Waals surface area contributed by atoms with Crippen LogP contribution in [0.2, 0.25) is 0 Å². The fourth-order valence-electron chi connectivity index (χ4n) is 2.32. The molecule has 0 aromatic rings. The number of alkyl halides is 5. The molecule has 22 heavy (non-hydrogen) atoms. The molecule has 0 unspecified atom stereocenters. The van der Waals surface area contributed by atoms with Crippen LogP contribution in [0.3, 0.4) is 0 Å². The standard InChI is InChI=1S/C16H30F5N/c1-3-4-10-13-22(2)14-11-8-6-5-7-9-12-15(17,18)16(19,20)21/h3-14H2,1-2H3. The van der Waals surface area contributed by atoms with Gasteiger partial charge in [-0.2, -0.15) is 22.0 Å². The van der Waals surface area contributed by atoms with E-state index >= 15 is 0 Å². The van der Waals surface area contributed by atoms with Gasteiger partial charge in [0.1, 0.15) is 0 Å². The second-order valence-electron chi connectivity index (χ2n) is 6.08. The van der Waals surface area contributed by atoms with E-state index in [-0.39, 0.29) is 6.42 Å². The Morgan fingerprint density at radius 2 is 1.14 bits per heavy atom.